The van der Waals surface area contributed by atoms with Gasteiger partial charge in [0, 0.05) is 38.1 Å². The SMILES string of the molecule is CNC(=O)C[C@H]1N[C@H](CCC(CO)c2ccccc2)[C@@H](O)[C@H]1O. The Labute approximate surface area is 136 Å². The molecule has 128 valence electrons. The minimum Gasteiger partial charge on any atom is -0.396 e. The second-order valence-electron chi connectivity index (χ2n) is 6.11. The summed E-state index contributed by atoms with van der Waals surface area (Å²) >= 11 is 0. The third-order valence-electron chi connectivity index (χ3n) is 4.60. The molecule has 1 aliphatic rings. The van der Waals surface area contributed by atoms with Gasteiger partial charge >= 0.3 is 0 Å². The predicted octanol–water partition coefficient (Wildman–Crippen LogP) is -0.259. The Morgan fingerprint density at radius 1 is 1.22 bits per heavy atom. The maximum Gasteiger partial charge on any atom is 0.221 e. The highest BCUT2D eigenvalue weighted by atomic mass is 16.3. The molecule has 5 atom stereocenters. The first-order valence-corrected chi connectivity index (χ1v) is 8.05. The lowest BCUT2D eigenvalue weighted by atomic mass is 9.92. The van der Waals surface area contributed by atoms with Crippen molar-refractivity contribution in [2.75, 3.05) is 13.7 Å². The van der Waals surface area contributed by atoms with Crippen molar-refractivity contribution in [1.82, 2.24) is 10.6 Å². The number of rotatable bonds is 7. The summed E-state index contributed by atoms with van der Waals surface area (Å²) in [5, 5.41) is 35.5. The van der Waals surface area contributed by atoms with E-state index >= 15 is 0 Å². The maximum absolute atomic E-state index is 11.4. The molecule has 0 bridgehead atoms. The lowest BCUT2D eigenvalue weighted by Gasteiger charge is -2.20. The average Bonchev–Trinajstić information content (AvgIpc) is 2.84. The molecule has 1 aromatic rings. The van der Waals surface area contributed by atoms with Crippen molar-refractivity contribution in [2.45, 2.75) is 49.5 Å². The van der Waals surface area contributed by atoms with E-state index in [1.165, 1.54) is 0 Å². The topological polar surface area (TPSA) is 102 Å². The summed E-state index contributed by atoms with van der Waals surface area (Å²) in [6, 6.07) is 9.02. The zero-order chi connectivity index (χ0) is 16.8. The number of hydrogen-bond donors (Lipinski definition) is 5. The smallest absolute Gasteiger partial charge is 0.221 e. The van der Waals surface area contributed by atoms with E-state index in [4.69, 9.17) is 0 Å². The molecule has 0 aromatic heterocycles. The summed E-state index contributed by atoms with van der Waals surface area (Å²) in [7, 11) is 1.54. The van der Waals surface area contributed by atoms with Crippen molar-refractivity contribution in [1.29, 1.82) is 0 Å². The van der Waals surface area contributed by atoms with Crippen molar-refractivity contribution in [2.24, 2.45) is 0 Å². The molecule has 0 aliphatic carbocycles. The lowest BCUT2D eigenvalue weighted by Crippen LogP contribution is -2.38. The first kappa shape index (κ1) is 17.9. The molecule has 0 radical (unpaired) electrons. The number of aliphatic hydroxyl groups is 3. The Balaban J connectivity index is 1.91. The van der Waals surface area contributed by atoms with E-state index in [2.05, 4.69) is 10.6 Å². The van der Waals surface area contributed by atoms with E-state index in [9.17, 15) is 20.1 Å². The van der Waals surface area contributed by atoms with Crippen LogP contribution >= 0.6 is 0 Å². The highest BCUT2D eigenvalue weighted by molar-refractivity contribution is 5.76. The average molecular weight is 322 g/mol. The molecule has 0 saturated carbocycles. The number of aliphatic hydroxyl groups excluding tert-OH is 3. The van der Waals surface area contributed by atoms with Crippen LogP contribution in [0.3, 0.4) is 0 Å². The summed E-state index contributed by atoms with van der Waals surface area (Å²) in [5.74, 6) is -0.174. The summed E-state index contributed by atoms with van der Waals surface area (Å²) in [6.45, 7) is 0.0387. The van der Waals surface area contributed by atoms with Crippen molar-refractivity contribution in [3.63, 3.8) is 0 Å². The van der Waals surface area contributed by atoms with Gasteiger partial charge in [-0.2, -0.15) is 0 Å². The number of carbonyl (C=O) groups is 1. The quantitative estimate of drug-likeness (QED) is 0.476. The van der Waals surface area contributed by atoms with Crippen molar-refractivity contribution in [3.05, 3.63) is 35.9 Å². The monoisotopic (exact) mass is 322 g/mol. The van der Waals surface area contributed by atoms with Crippen LogP contribution in [0.2, 0.25) is 0 Å². The van der Waals surface area contributed by atoms with E-state index in [0.29, 0.717) is 12.8 Å². The molecule has 1 amide bonds. The van der Waals surface area contributed by atoms with Crippen LogP contribution in [-0.2, 0) is 4.79 Å². The number of carbonyl (C=O) groups excluding carboxylic acids is 1. The molecule has 23 heavy (non-hydrogen) atoms. The summed E-state index contributed by atoms with van der Waals surface area (Å²) in [4.78, 5) is 11.4. The molecule has 1 saturated heterocycles. The number of benzene rings is 1. The lowest BCUT2D eigenvalue weighted by molar-refractivity contribution is -0.121. The Morgan fingerprint density at radius 3 is 2.48 bits per heavy atom. The summed E-state index contributed by atoms with van der Waals surface area (Å²) in [5.41, 5.74) is 1.06. The van der Waals surface area contributed by atoms with Crippen LogP contribution in [0.4, 0.5) is 0 Å². The van der Waals surface area contributed by atoms with E-state index < -0.39 is 18.2 Å². The van der Waals surface area contributed by atoms with E-state index in [0.717, 1.165) is 5.56 Å². The molecular weight excluding hydrogens is 296 g/mol. The zero-order valence-electron chi connectivity index (χ0n) is 13.4. The maximum atomic E-state index is 11.4. The van der Waals surface area contributed by atoms with Gasteiger partial charge in [0.05, 0.1) is 12.2 Å². The highest BCUT2D eigenvalue weighted by Gasteiger charge is 2.41. The van der Waals surface area contributed by atoms with Crippen LogP contribution in [-0.4, -0.2) is 59.2 Å². The molecule has 0 spiro atoms. The minimum atomic E-state index is -0.957. The number of hydrogen-bond acceptors (Lipinski definition) is 5. The third kappa shape index (κ3) is 4.51. The number of nitrogens with one attached hydrogen (secondary N) is 2. The largest absolute Gasteiger partial charge is 0.396 e. The molecule has 1 aliphatic heterocycles. The number of amides is 1. The van der Waals surface area contributed by atoms with Gasteiger partial charge in [-0.25, -0.2) is 0 Å². The highest BCUT2D eigenvalue weighted by Crippen LogP contribution is 2.26. The molecule has 5 N–H and O–H groups in total. The minimum absolute atomic E-state index is 0.000309. The van der Waals surface area contributed by atoms with Gasteiger partial charge < -0.3 is 26.0 Å². The first-order valence-electron chi connectivity index (χ1n) is 8.05. The van der Waals surface area contributed by atoms with Gasteiger partial charge in [-0.1, -0.05) is 30.3 Å². The van der Waals surface area contributed by atoms with Crippen LogP contribution in [0.25, 0.3) is 0 Å². The fraction of sp³-hybridized carbons (Fsp3) is 0.588. The fourth-order valence-electron chi connectivity index (χ4n) is 3.15. The molecule has 1 unspecified atom stereocenters. The molecule has 1 heterocycles. The van der Waals surface area contributed by atoms with E-state index in [-0.39, 0.29) is 30.9 Å². The Hall–Kier alpha value is -1.47. The second kappa shape index (κ2) is 8.40. The molecule has 6 heteroatoms. The summed E-state index contributed by atoms with van der Waals surface area (Å²) in [6.07, 6.45) is -0.425. The molecule has 1 fully saturated rings. The Bertz CT molecular complexity index is 497. The molecule has 2 rings (SSSR count). The van der Waals surface area contributed by atoms with Crippen LogP contribution in [0.1, 0.15) is 30.7 Å². The van der Waals surface area contributed by atoms with Crippen molar-refractivity contribution in [3.8, 4) is 0 Å². The van der Waals surface area contributed by atoms with Gasteiger partial charge in [-0.05, 0) is 18.4 Å². The standard InChI is InChI=1S/C17H26N2O4/c1-18-15(21)9-14-17(23)16(22)13(19-14)8-7-12(10-20)11-5-3-2-4-6-11/h2-6,12-14,16-17,19-20,22-23H,7-10H2,1H3,(H,18,21)/t12?,13-,14-,16-,17+/m1/s1. The second-order valence-corrected chi connectivity index (χ2v) is 6.11. The van der Waals surface area contributed by atoms with Gasteiger partial charge in [0.2, 0.25) is 5.91 Å². The van der Waals surface area contributed by atoms with Crippen LogP contribution < -0.4 is 10.6 Å². The van der Waals surface area contributed by atoms with Gasteiger partial charge in [0.1, 0.15) is 0 Å². The normalized spacial score (nSPS) is 28.5. The predicted molar refractivity (Wildman–Crippen MR) is 86.9 cm³/mol. The van der Waals surface area contributed by atoms with Crippen molar-refractivity contribution >= 4 is 5.91 Å². The zero-order valence-corrected chi connectivity index (χ0v) is 13.4. The van der Waals surface area contributed by atoms with E-state index in [1.54, 1.807) is 7.05 Å². The Morgan fingerprint density at radius 2 is 1.87 bits per heavy atom. The van der Waals surface area contributed by atoms with Crippen LogP contribution in [0.15, 0.2) is 30.3 Å². The molecular formula is C17H26N2O4. The van der Waals surface area contributed by atoms with Crippen LogP contribution in [0.5, 0.6) is 0 Å². The van der Waals surface area contributed by atoms with Gasteiger partial charge in [-0.15, -0.1) is 0 Å². The summed E-state index contributed by atoms with van der Waals surface area (Å²) < 4.78 is 0. The molecule has 6 nitrogen and oxygen atoms in total. The third-order valence-corrected chi connectivity index (χ3v) is 4.60. The van der Waals surface area contributed by atoms with Crippen molar-refractivity contribution < 1.29 is 20.1 Å². The van der Waals surface area contributed by atoms with Crippen LogP contribution in [0, 0.1) is 0 Å². The van der Waals surface area contributed by atoms with E-state index in [1.807, 2.05) is 30.3 Å². The fourth-order valence-corrected chi connectivity index (χ4v) is 3.15. The first-order chi connectivity index (χ1) is 11.1. The van der Waals surface area contributed by atoms with Gasteiger partial charge in [0.25, 0.3) is 0 Å². The van der Waals surface area contributed by atoms with Gasteiger partial charge in [-0.3, -0.25) is 4.79 Å². The van der Waals surface area contributed by atoms with Gasteiger partial charge in [0.15, 0.2) is 0 Å². The molecule has 1 aromatic carbocycles. The Kier molecular flexibility index (Phi) is 6.53.